The Bertz CT molecular complexity index is 68.5. The first-order valence-electron chi connectivity index (χ1n) is 2.18. The Morgan fingerprint density at radius 3 is 3.00 bits per heavy atom. The van der Waals surface area contributed by atoms with Gasteiger partial charge >= 0.3 is 0 Å². The van der Waals surface area contributed by atoms with Crippen LogP contribution >= 0.6 is 11.9 Å². The molecule has 0 amide bonds. The van der Waals surface area contributed by atoms with Gasteiger partial charge in [0, 0.05) is 12.0 Å². The molecule has 0 rings (SSSR count). The van der Waals surface area contributed by atoms with Crippen molar-refractivity contribution in [2.75, 3.05) is 5.75 Å². The van der Waals surface area contributed by atoms with Crippen LogP contribution in [0.5, 0.6) is 0 Å². The van der Waals surface area contributed by atoms with Crippen LogP contribution in [0.25, 0.3) is 0 Å². The molecule has 0 aliphatic heterocycles. The van der Waals surface area contributed by atoms with Crippen molar-refractivity contribution < 1.29 is 0 Å². The van der Waals surface area contributed by atoms with E-state index in [1.807, 2.05) is 0 Å². The third kappa shape index (κ3) is 5.76. The maximum absolute atomic E-state index is 3.88. The normalized spacial score (nSPS) is 9.86. The SMILES string of the molecule is C=CC=NSCC. The summed E-state index contributed by atoms with van der Waals surface area (Å²) in [6, 6.07) is 0. The number of allylic oxidation sites excluding steroid dienone is 1. The van der Waals surface area contributed by atoms with Crippen molar-refractivity contribution in [2.24, 2.45) is 4.40 Å². The van der Waals surface area contributed by atoms with Crippen LogP contribution < -0.4 is 0 Å². The van der Waals surface area contributed by atoms with Gasteiger partial charge in [0.2, 0.25) is 0 Å². The van der Waals surface area contributed by atoms with E-state index in [0.29, 0.717) is 0 Å². The number of hydrogen-bond acceptors (Lipinski definition) is 2. The number of rotatable bonds is 3. The predicted octanol–water partition coefficient (Wildman–Crippen LogP) is 1.91. The molecule has 0 atom stereocenters. The molecule has 0 saturated carbocycles. The lowest BCUT2D eigenvalue weighted by Crippen LogP contribution is -1.59. The van der Waals surface area contributed by atoms with Crippen molar-refractivity contribution in [2.45, 2.75) is 6.92 Å². The zero-order valence-electron chi connectivity index (χ0n) is 4.42. The zero-order chi connectivity index (χ0) is 5.54. The average Bonchev–Trinajstić information content (AvgIpc) is 1.69. The van der Waals surface area contributed by atoms with E-state index in [1.165, 1.54) is 11.9 Å². The summed E-state index contributed by atoms with van der Waals surface area (Å²) in [4.78, 5) is 0. The van der Waals surface area contributed by atoms with E-state index in [0.717, 1.165) is 5.75 Å². The van der Waals surface area contributed by atoms with Gasteiger partial charge in [-0.15, -0.1) is 0 Å². The van der Waals surface area contributed by atoms with Crippen LogP contribution in [0.4, 0.5) is 0 Å². The first-order valence-corrected chi connectivity index (χ1v) is 3.12. The Balaban J connectivity index is 2.92. The average molecular weight is 115 g/mol. The van der Waals surface area contributed by atoms with E-state index in [9.17, 15) is 0 Å². The summed E-state index contributed by atoms with van der Waals surface area (Å²) < 4.78 is 3.88. The first kappa shape index (κ1) is 6.76. The molecular formula is C5H9NS. The van der Waals surface area contributed by atoms with E-state index in [-0.39, 0.29) is 0 Å². The lowest BCUT2D eigenvalue weighted by atomic mass is 10.7. The monoisotopic (exact) mass is 115 g/mol. The maximum Gasteiger partial charge on any atom is 0.0345 e. The minimum atomic E-state index is 1.03. The van der Waals surface area contributed by atoms with Crippen LogP contribution in [0.3, 0.4) is 0 Å². The summed E-state index contributed by atoms with van der Waals surface area (Å²) in [7, 11) is 0. The van der Waals surface area contributed by atoms with Gasteiger partial charge in [0.15, 0.2) is 0 Å². The smallest absolute Gasteiger partial charge is 0.0345 e. The van der Waals surface area contributed by atoms with Crippen LogP contribution in [0.2, 0.25) is 0 Å². The lowest BCUT2D eigenvalue weighted by Gasteiger charge is -1.77. The van der Waals surface area contributed by atoms with Crippen LogP contribution in [0.1, 0.15) is 6.92 Å². The molecule has 0 spiro atoms. The predicted molar refractivity (Wildman–Crippen MR) is 36.8 cm³/mol. The topological polar surface area (TPSA) is 12.4 Å². The molecule has 0 aliphatic carbocycles. The Kier molecular flexibility index (Phi) is 5.56. The molecule has 0 aromatic rings. The highest BCUT2D eigenvalue weighted by atomic mass is 32.2. The number of nitrogens with zero attached hydrogens (tertiary/aromatic N) is 1. The molecular weight excluding hydrogens is 106 g/mol. The van der Waals surface area contributed by atoms with Crippen molar-refractivity contribution in [3.63, 3.8) is 0 Å². The summed E-state index contributed by atoms with van der Waals surface area (Å²) in [6.07, 6.45) is 3.36. The molecule has 0 radical (unpaired) electrons. The second-order valence-corrected chi connectivity index (χ2v) is 1.95. The molecule has 0 aromatic heterocycles. The largest absolute Gasteiger partial charge is 0.225 e. The fraction of sp³-hybridized carbons (Fsp3) is 0.400. The molecule has 40 valence electrons. The van der Waals surface area contributed by atoms with E-state index in [4.69, 9.17) is 0 Å². The second-order valence-electron chi connectivity index (χ2n) is 0.908. The zero-order valence-corrected chi connectivity index (χ0v) is 5.24. The summed E-state index contributed by atoms with van der Waals surface area (Å²) in [6.45, 7) is 5.53. The molecule has 1 nitrogen and oxygen atoms in total. The van der Waals surface area contributed by atoms with Crippen molar-refractivity contribution in [3.05, 3.63) is 12.7 Å². The molecule has 0 fully saturated rings. The molecule has 0 aliphatic rings. The first-order chi connectivity index (χ1) is 3.41. The van der Waals surface area contributed by atoms with Gasteiger partial charge in [-0.1, -0.05) is 19.6 Å². The molecule has 0 heterocycles. The van der Waals surface area contributed by atoms with Crippen molar-refractivity contribution in [1.29, 1.82) is 0 Å². The van der Waals surface area contributed by atoms with E-state index >= 15 is 0 Å². The highest BCUT2D eigenvalue weighted by Gasteiger charge is 1.66. The van der Waals surface area contributed by atoms with Gasteiger partial charge in [-0.3, -0.25) is 0 Å². The van der Waals surface area contributed by atoms with Crippen molar-refractivity contribution >= 4 is 18.2 Å². The van der Waals surface area contributed by atoms with Gasteiger partial charge in [0.05, 0.1) is 0 Å². The van der Waals surface area contributed by atoms with Gasteiger partial charge in [0.1, 0.15) is 0 Å². The Morgan fingerprint density at radius 1 is 1.86 bits per heavy atom. The molecule has 7 heavy (non-hydrogen) atoms. The fourth-order valence-corrected chi connectivity index (χ4v) is 0.482. The van der Waals surface area contributed by atoms with Crippen molar-refractivity contribution in [1.82, 2.24) is 0 Å². The summed E-state index contributed by atoms with van der Waals surface area (Å²) in [5, 5.41) is 0. The molecule has 0 unspecified atom stereocenters. The molecule has 0 aromatic carbocycles. The lowest BCUT2D eigenvalue weighted by molar-refractivity contribution is 1.52. The minimum absolute atomic E-state index is 1.03. The van der Waals surface area contributed by atoms with E-state index in [2.05, 4.69) is 17.9 Å². The third-order valence-electron chi connectivity index (χ3n) is 0.370. The Morgan fingerprint density at radius 2 is 2.57 bits per heavy atom. The summed E-state index contributed by atoms with van der Waals surface area (Å²) in [5.74, 6) is 1.03. The van der Waals surface area contributed by atoms with Gasteiger partial charge in [-0.2, -0.15) is 0 Å². The Labute approximate surface area is 48.7 Å². The van der Waals surface area contributed by atoms with Gasteiger partial charge < -0.3 is 0 Å². The standard InChI is InChI=1S/C5H9NS/c1-3-5-6-7-4-2/h3,5H,1,4H2,2H3. The third-order valence-corrected chi connectivity index (χ3v) is 0.899. The number of hydrogen-bond donors (Lipinski definition) is 0. The molecule has 2 heteroatoms. The Hall–Kier alpha value is -0.240. The molecule has 0 N–H and O–H groups in total. The maximum atomic E-state index is 3.88. The van der Waals surface area contributed by atoms with Crippen LogP contribution in [-0.4, -0.2) is 12.0 Å². The summed E-state index contributed by atoms with van der Waals surface area (Å²) in [5.41, 5.74) is 0. The molecule has 0 bridgehead atoms. The highest BCUT2D eigenvalue weighted by molar-refractivity contribution is 7.98. The quantitative estimate of drug-likeness (QED) is 0.404. The van der Waals surface area contributed by atoms with Gasteiger partial charge in [0.25, 0.3) is 0 Å². The highest BCUT2D eigenvalue weighted by Crippen LogP contribution is 1.96. The van der Waals surface area contributed by atoms with Crippen LogP contribution in [-0.2, 0) is 0 Å². The van der Waals surface area contributed by atoms with Gasteiger partial charge in [-0.25, -0.2) is 4.40 Å². The second kappa shape index (κ2) is 5.76. The molecule has 0 saturated heterocycles. The van der Waals surface area contributed by atoms with Crippen LogP contribution in [0, 0.1) is 0 Å². The van der Waals surface area contributed by atoms with Crippen LogP contribution in [0.15, 0.2) is 17.1 Å². The minimum Gasteiger partial charge on any atom is -0.225 e. The summed E-state index contributed by atoms with van der Waals surface area (Å²) >= 11 is 1.53. The van der Waals surface area contributed by atoms with E-state index in [1.54, 1.807) is 12.3 Å². The van der Waals surface area contributed by atoms with Gasteiger partial charge in [-0.05, 0) is 11.9 Å². The van der Waals surface area contributed by atoms with Crippen molar-refractivity contribution in [3.8, 4) is 0 Å². The fourth-order valence-electron chi connectivity index (χ4n) is 0.161. The van der Waals surface area contributed by atoms with E-state index < -0.39 is 0 Å².